The van der Waals surface area contributed by atoms with E-state index in [0.717, 1.165) is 0 Å². The molecule has 1 fully saturated rings. The van der Waals surface area contributed by atoms with E-state index >= 15 is 0 Å². The Hall–Kier alpha value is -0.760. The summed E-state index contributed by atoms with van der Waals surface area (Å²) in [4.78, 5) is 0. The van der Waals surface area contributed by atoms with Gasteiger partial charge in [0, 0.05) is 17.6 Å². The van der Waals surface area contributed by atoms with Crippen molar-refractivity contribution in [1.82, 2.24) is 5.32 Å². The third kappa shape index (κ3) is 1.53. The highest BCUT2D eigenvalue weighted by Crippen LogP contribution is 2.25. The molecule has 2 atom stereocenters. The molecule has 2 heterocycles. The predicted molar refractivity (Wildman–Crippen MR) is 47.9 cm³/mol. The molecule has 66 valence electrons. The first-order valence-electron chi connectivity index (χ1n) is 4.64. The van der Waals surface area contributed by atoms with Crippen LogP contribution in [-0.2, 0) is 0 Å². The molecule has 0 bridgehead atoms. The minimum Gasteiger partial charge on any atom is -0.472 e. The fourth-order valence-corrected chi connectivity index (χ4v) is 1.87. The van der Waals surface area contributed by atoms with E-state index in [1.165, 1.54) is 24.8 Å². The molecule has 12 heavy (non-hydrogen) atoms. The highest BCUT2D eigenvalue weighted by molar-refractivity contribution is 5.12. The van der Waals surface area contributed by atoms with Crippen LogP contribution < -0.4 is 5.32 Å². The third-order valence-corrected chi connectivity index (χ3v) is 2.56. The van der Waals surface area contributed by atoms with Gasteiger partial charge in [-0.1, -0.05) is 6.42 Å². The molecule has 0 aliphatic carbocycles. The van der Waals surface area contributed by atoms with Crippen molar-refractivity contribution < 1.29 is 4.42 Å². The molecule has 2 rings (SSSR count). The number of nitrogens with one attached hydrogen (secondary N) is 1. The van der Waals surface area contributed by atoms with Crippen LogP contribution in [0.1, 0.15) is 37.8 Å². The highest BCUT2D eigenvalue weighted by atomic mass is 16.3. The molecule has 1 aromatic heterocycles. The van der Waals surface area contributed by atoms with Crippen LogP contribution in [0.4, 0.5) is 0 Å². The Bertz CT molecular complexity index is 230. The first kappa shape index (κ1) is 7.87. The van der Waals surface area contributed by atoms with Gasteiger partial charge in [-0.3, -0.25) is 0 Å². The van der Waals surface area contributed by atoms with Crippen molar-refractivity contribution >= 4 is 0 Å². The molecule has 0 unspecified atom stereocenters. The van der Waals surface area contributed by atoms with Gasteiger partial charge in [0.15, 0.2) is 0 Å². The van der Waals surface area contributed by atoms with Gasteiger partial charge < -0.3 is 9.73 Å². The second kappa shape index (κ2) is 3.31. The SMILES string of the molecule is C[C@H]1CCC[C@H](c2ccoc2)N1. The molecule has 1 N–H and O–H groups in total. The van der Waals surface area contributed by atoms with E-state index in [0.29, 0.717) is 12.1 Å². The van der Waals surface area contributed by atoms with Gasteiger partial charge in [0.2, 0.25) is 0 Å². The summed E-state index contributed by atoms with van der Waals surface area (Å²) in [6.07, 6.45) is 7.45. The van der Waals surface area contributed by atoms with Gasteiger partial charge in [-0.25, -0.2) is 0 Å². The maximum Gasteiger partial charge on any atom is 0.0950 e. The van der Waals surface area contributed by atoms with Gasteiger partial charge >= 0.3 is 0 Å². The van der Waals surface area contributed by atoms with Gasteiger partial charge in [-0.2, -0.15) is 0 Å². The van der Waals surface area contributed by atoms with E-state index in [1.54, 1.807) is 6.26 Å². The summed E-state index contributed by atoms with van der Waals surface area (Å²) in [6.45, 7) is 2.24. The van der Waals surface area contributed by atoms with Gasteiger partial charge in [-0.15, -0.1) is 0 Å². The number of furan rings is 1. The normalized spacial score (nSPS) is 30.4. The van der Waals surface area contributed by atoms with Gasteiger partial charge in [0.05, 0.1) is 12.5 Å². The first-order chi connectivity index (χ1) is 5.86. The Morgan fingerprint density at radius 2 is 2.42 bits per heavy atom. The lowest BCUT2D eigenvalue weighted by Crippen LogP contribution is -2.34. The van der Waals surface area contributed by atoms with Crippen LogP contribution in [0.25, 0.3) is 0 Å². The predicted octanol–water partition coefficient (Wildman–Crippen LogP) is 2.48. The molecule has 1 aromatic rings. The zero-order chi connectivity index (χ0) is 8.39. The molecule has 1 saturated heterocycles. The van der Waals surface area contributed by atoms with Crippen LogP contribution >= 0.6 is 0 Å². The Morgan fingerprint density at radius 3 is 3.08 bits per heavy atom. The largest absolute Gasteiger partial charge is 0.472 e. The summed E-state index contributed by atoms with van der Waals surface area (Å²) in [7, 11) is 0. The van der Waals surface area contributed by atoms with Crippen molar-refractivity contribution in [3.8, 4) is 0 Å². The van der Waals surface area contributed by atoms with E-state index < -0.39 is 0 Å². The average molecular weight is 165 g/mol. The zero-order valence-corrected chi connectivity index (χ0v) is 7.42. The fraction of sp³-hybridized carbons (Fsp3) is 0.600. The third-order valence-electron chi connectivity index (χ3n) is 2.56. The lowest BCUT2D eigenvalue weighted by molar-refractivity contribution is 0.339. The van der Waals surface area contributed by atoms with Crippen molar-refractivity contribution in [3.05, 3.63) is 24.2 Å². The van der Waals surface area contributed by atoms with Crippen LogP contribution in [0.5, 0.6) is 0 Å². The monoisotopic (exact) mass is 165 g/mol. The van der Waals surface area contributed by atoms with Crippen LogP contribution in [0.3, 0.4) is 0 Å². The van der Waals surface area contributed by atoms with Crippen molar-refractivity contribution in [1.29, 1.82) is 0 Å². The number of piperidine rings is 1. The molecule has 1 aliphatic heterocycles. The minimum atomic E-state index is 0.521. The van der Waals surface area contributed by atoms with E-state index in [9.17, 15) is 0 Å². The highest BCUT2D eigenvalue weighted by Gasteiger charge is 2.19. The first-order valence-corrected chi connectivity index (χ1v) is 4.64. The second-order valence-electron chi connectivity index (χ2n) is 3.61. The zero-order valence-electron chi connectivity index (χ0n) is 7.42. The quantitative estimate of drug-likeness (QED) is 0.691. The molecule has 0 radical (unpaired) electrons. The Morgan fingerprint density at radius 1 is 1.50 bits per heavy atom. The molecule has 2 nitrogen and oxygen atoms in total. The molecule has 0 amide bonds. The Balaban J connectivity index is 2.04. The summed E-state index contributed by atoms with van der Waals surface area (Å²) in [5.41, 5.74) is 1.29. The van der Waals surface area contributed by atoms with Crippen molar-refractivity contribution in [2.45, 2.75) is 38.3 Å². The van der Waals surface area contributed by atoms with E-state index in [1.807, 2.05) is 6.26 Å². The fourth-order valence-electron chi connectivity index (χ4n) is 1.87. The lowest BCUT2D eigenvalue weighted by Gasteiger charge is -2.27. The number of hydrogen-bond donors (Lipinski definition) is 1. The van der Waals surface area contributed by atoms with E-state index in [2.05, 4.69) is 18.3 Å². The van der Waals surface area contributed by atoms with Crippen molar-refractivity contribution in [3.63, 3.8) is 0 Å². The van der Waals surface area contributed by atoms with Crippen LogP contribution in [0.15, 0.2) is 23.0 Å². The molecule has 0 spiro atoms. The van der Waals surface area contributed by atoms with Crippen molar-refractivity contribution in [2.75, 3.05) is 0 Å². The maximum absolute atomic E-state index is 5.06. The Kier molecular flexibility index (Phi) is 2.17. The van der Waals surface area contributed by atoms with Crippen LogP contribution in [-0.4, -0.2) is 6.04 Å². The van der Waals surface area contributed by atoms with Gasteiger partial charge in [-0.05, 0) is 25.8 Å². The smallest absolute Gasteiger partial charge is 0.0950 e. The summed E-state index contributed by atoms with van der Waals surface area (Å²) in [5.74, 6) is 0. The summed E-state index contributed by atoms with van der Waals surface area (Å²) in [6, 6.07) is 3.22. The molecular weight excluding hydrogens is 150 g/mol. The van der Waals surface area contributed by atoms with Crippen LogP contribution in [0.2, 0.25) is 0 Å². The standard InChI is InChI=1S/C10H15NO/c1-8-3-2-4-10(11-8)9-5-6-12-7-9/h5-8,10-11H,2-4H2,1H3/t8-,10+/m0/s1. The van der Waals surface area contributed by atoms with E-state index in [-0.39, 0.29) is 0 Å². The van der Waals surface area contributed by atoms with Crippen LogP contribution in [0, 0.1) is 0 Å². The topological polar surface area (TPSA) is 25.2 Å². The molecule has 2 heteroatoms. The van der Waals surface area contributed by atoms with Crippen molar-refractivity contribution in [2.24, 2.45) is 0 Å². The van der Waals surface area contributed by atoms with E-state index in [4.69, 9.17) is 4.42 Å². The maximum atomic E-state index is 5.06. The molecule has 0 aromatic carbocycles. The minimum absolute atomic E-state index is 0.521. The lowest BCUT2D eigenvalue weighted by atomic mass is 9.96. The molecule has 1 aliphatic rings. The summed E-state index contributed by atoms with van der Waals surface area (Å²) < 4.78 is 5.06. The summed E-state index contributed by atoms with van der Waals surface area (Å²) >= 11 is 0. The summed E-state index contributed by atoms with van der Waals surface area (Å²) in [5, 5.41) is 3.56. The second-order valence-corrected chi connectivity index (χ2v) is 3.61. The number of rotatable bonds is 1. The average Bonchev–Trinajstić information content (AvgIpc) is 2.56. The van der Waals surface area contributed by atoms with Gasteiger partial charge in [0.25, 0.3) is 0 Å². The Labute approximate surface area is 73.0 Å². The van der Waals surface area contributed by atoms with Gasteiger partial charge in [0.1, 0.15) is 0 Å². The molecular formula is C10H15NO. The molecule has 0 saturated carbocycles. The number of hydrogen-bond acceptors (Lipinski definition) is 2.